The van der Waals surface area contributed by atoms with Gasteiger partial charge in [0.2, 0.25) is 0 Å². The second-order valence-electron chi connectivity index (χ2n) is 6.98. The van der Waals surface area contributed by atoms with Gasteiger partial charge in [0.25, 0.3) is 5.91 Å². The van der Waals surface area contributed by atoms with E-state index >= 15 is 0 Å². The van der Waals surface area contributed by atoms with Gasteiger partial charge in [0.05, 0.1) is 7.11 Å². The third-order valence-electron chi connectivity index (χ3n) is 5.15. The van der Waals surface area contributed by atoms with E-state index in [1.807, 2.05) is 4.90 Å². The number of aromatic nitrogens is 4. The van der Waals surface area contributed by atoms with Crippen molar-refractivity contribution in [3.05, 3.63) is 30.1 Å². The van der Waals surface area contributed by atoms with Gasteiger partial charge in [-0.15, -0.1) is 5.10 Å². The van der Waals surface area contributed by atoms with Crippen LogP contribution < -0.4 is 4.74 Å². The zero-order valence-corrected chi connectivity index (χ0v) is 14.1. The lowest BCUT2D eigenvalue weighted by Crippen LogP contribution is -2.70. The lowest BCUT2D eigenvalue weighted by molar-refractivity contribution is -0.0881. The van der Waals surface area contributed by atoms with Crippen LogP contribution in [0.3, 0.4) is 0 Å². The summed E-state index contributed by atoms with van der Waals surface area (Å²) < 4.78 is 6.82. The number of rotatable bonds is 3. The standard InChI is InChI=1S/C16H21N5O2/c1-15(2)9-20(16(15,3)4)14(22)11-6-7-13(23-5)12(8-11)21-10-17-18-19-21/h6-8,10H,9H2,1-5H3. The van der Waals surface area contributed by atoms with Gasteiger partial charge in [-0.1, -0.05) is 13.8 Å². The minimum Gasteiger partial charge on any atom is -0.494 e. The molecular weight excluding hydrogens is 294 g/mol. The van der Waals surface area contributed by atoms with Gasteiger partial charge >= 0.3 is 0 Å². The van der Waals surface area contributed by atoms with E-state index in [1.54, 1.807) is 25.3 Å². The van der Waals surface area contributed by atoms with Crippen LogP contribution in [0, 0.1) is 5.41 Å². The van der Waals surface area contributed by atoms with E-state index in [4.69, 9.17) is 4.74 Å². The molecule has 1 aromatic heterocycles. The molecule has 122 valence electrons. The van der Waals surface area contributed by atoms with Gasteiger partial charge in [0.1, 0.15) is 17.8 Å². The predicted octanol–water partition coefficient (Wildman–Crippen LogP) is 1.93. The predicted molar refractivity (Wildman–Crippen MR) is 84.6 cm³/mol. The lowest BCUT2D eigenvalue weighted by Gasteiger charge is -2.61. The number of carbonyl (C=O) groups excluding carboxylic acids is 1. The monoisotopic (exact) mass is 315 g/mol. The van der Waals surface area contributed by atoms with Crippen LogP contribution in [-0.4, -0.2) is 50.2 Å². The van der Waals surface area contributed by atoms with Gasteiger partial charge in [0.15, 0.2) is 0 Å². The van der Waals surface area contributed by atoms with Crippen LogP contribution in [0.15, 0.2) is 24.5 Å². The molecule has 7 heteroatoms. The first kappa shape index (κ1) is 15.5. The summed E-state index contributed by atoms with van der Waals surface area (Å²) in [5.74, 6) is 0.614. The molecule has 1 aromatic carbocycles. The van der Waals surface area contributed by atoms with Crippen LogP contribution in [-0.2, 0) is 0 Å². The number of methoxy groups -OCH3 is 1. The van der Waals surface area contributed by atoms with Gasteiger partial charge in [0, 0.05) is 23.1 Å². The Balaban J connectivity index is 1.96. The molecule has 0 bridgehead atoms. The molecule has 0 saturated carbocycles. The maximum atomic E-state index is 12.9. The van der Waals surface area contributed by atoms with E-state index in [1.165, 1.54) is 11.0 Å². The third-order valence-corrected chi connectivity index (χ3v) is 5.15. The van der Waals surface area contributed by atoms with Crippen molar-refractivity contribution in [2.45, 2.75) is 33.2 Å². The van der Waals surface area contributed by atoms with E-state index in [9.17, 15) is 4.79 Å². The number of hydrogen-bond donors (Lipinski definition) is 0. The molecule has 1 saturated heterocycles. The lowest BCUT2D eigenvalue weighted by atomic mass is 9.65. The van der Waals surface area contributed by atoms with Crippen LogP contribution in [0.4, 0.5) is 0 Å². The summed E-state index contributed by atoms with van der Waals surface area (Å²) in [4.78, 5) is 14.8. The Morgan fingerprint density at radius 3 is 2.52 bits per heavy atom. The highest BCUT2D eigenvalue weighted by atomic mass is 16.5. The maximum Gasteiger partial charge on any atom is 0.254 e. The van der Waals surface area contributed by atoms with E-state index in [-0.39, 0.29) is 16.9 Å². The fraction of sp³-hybridized carbons (Fsp3) is 0.500. The van der Waals surface area contributed by atoms with Crippen molar-refractivity contribution in [1.29, 1.82) is 0 Å². The van der Waals surface area contributed by atoms with Crippen molar-refractivity contribution in [2.75, 3.05) is 13.7 Å². The molecule has 0 N–H and O–H groups in total. The molecule has 0 radical (unpaired) electrons. The molecule has 0 spiro atoms. The summed E-state index contributed by atoms with van der Waals surface area (Å²) >= 11 is 0. The van der Waals surface area contributed by atoms with Gasteiger partial charge < -0.3 is 9.64 Å². The molecule has 1 amide bonds. The topological polar surface area (TPSA) is 73.1 Å². The normalized spacial score (nSPS) is 18.4. The minimum atomic E-state index is -0.182. The molecule has 0 atom stereocenters. The van der Waals surface area contributed by atoms with Crippen LogP contribution in [0.5, 0.6) is 5.75 Å². The summed E-state index contributed by atoms with van der Waals surface area (Å²) in [5.41, 5.74) is 1.16. The Labute approximate surface area is 135 Å². The first-order valence-electron chi connectivity index (χ1n) is 7.51. The highest BCUT2D eigenvalue weighted by Crippen LogP contribution is 2.47. The average molecular weight is 315 g/mol. The number of likely N-dealkylation sites (tertiary alicyclic amines) is 1. The van der Waals surface area contributed by atoms with Crippen molar-refractivity contribution >= 4 is 5.91 Å². The molecule has 1 fully saturated rings. The Morgan fingerprint density at radius 1 is 1.26 bits per heavy atom. The molecule has 0 unspecified atom stereocenters. The van der Waals surface area contributed by atoms with Crippen molar-refractivity contribution in [3.63, 3.8) is 0 Å². The maximum absolute atomic E-state index is 12.9. The molecule has 2 heterocycles. The Bertz CT molecular complexity index is 737. The second-order valence-corrected chi connectivity index (χ2v) is 6.98. The van der Waals surface area contributed by atoms with Crippen molar-refractivity contribution in [1.82, 2.24) is 25.1 Å². The Hall–Kier alpha value is -2.44. The van der Waals surface area contributed by atoms with Gasteiger partial charge in [-0.25, -0.2) is 0 Å². The number of tetrazole rings is 1. The minimum absolute atomic E-state index is 0.00584. The SMILES string of the molecule is COc1ccc(C(=O)N2CC(C)(C)C2(C)C)cc1-n1cnnn1. The van der Waals surface area contributed by atoms with Crippen LogP contribution in [0.2, 0.25) is 0 Å². The highest BCUT2D eigenvalue weighted by molar-refractivity contribution is 5.96. The number of amides is 1. The molecule has 1 aliphatic rings. The van der Waals surface area contributed by atoms with Gasteiger partial charge in [-0.05, 0) is 42.5 Å². The average Bonchev–Trinajstić information content (AvgIpc) is 3.05. The number of benzene rings is 1. The first-order valence-corrected chi connectivity index (χ1v) is 7.51. The highest BCUT2D eigenvalue weighted by Gasteiger charge is 2.54. The zero-order valence-electron chi connectivity index (χ0n) is 14.1. The number of nitrogens with zero attached hydrogens (tertiary/aromatic N) is 5. The molecule has 2 aromatic rings. The van der Waals surface area contributed by atoms with Crippen LogP contribution in [0.25, 0.3) is 5.69 Å². The van der Waals surface area contributed by atoms with Crippen molar-refractivity contribution in [3.8, 4) is 11.4 Å². The Kier molecular flexibility index (Phi) is 3.39. The second kappa shape index (κ2) is 5.04. The summed E-state index contributed by atoms with van der Waals surface area (Å²) in [7, 11) is 1.58. The number of hydrogen-bond acceptors (Lipinski definition) is 5. The van der Waals surface area contributed by atoms with E-state index in [2.05, 4.69) is 43.2 Å². The molecule has 3 rings (SSSR count). The summed E-state index contributed by atoms with van der Waals surface area (Å²) in [5, 5.41) is 11.1. The van der Waals surface area contributed by atoms with E-state index < -0.39 is 0 Å². The summed E-state index contributed by atoms with van der Waals surface area (Å²) in [6, 6.07) is 5.30. The fourth-order valence-electron chi connectivity index (χ4n) is 2.82. The van der Waals surface area contributed by atoms with E-state index in [0.717, 1.165) is 6.54 Å². The molecule has 1 aliphatic heterocycles. The smallest absolute Gasteiger partial charge is 0.254 e. The zero-order chi connectivity index (χ0) is 16.8. The molecular formula is C16H21N5O2. The fourth-order valence-corrected chi connectivity index (χ4v) is 2.82. The van der Waals surface area contributed by atoms with Crippen LogP contribution >= 0.6 is 0 Å². The number of carbonyl (C=O) groups is 1. The van der Waals surface area contributed by atoms with Gasteiger partial charge in [-0.3, -0.25) is 4.79 Å². The largest absolute Gasteiger partial charge is 0.494 e. The van der Waals surface area contributed by atoms with Crippen molar-refractivity contribution < 1.29 is 9.53 Å². The first-order chi connectivity index (χ1) is 10.8. The molecule has 7 nitrogen and oxygen atoms in total. The summed E-state index contributed by atoms with van der Waals surface area (Å²) in [6.45, 7) is 9.29. The van der Waals surface area contributed by atoms with Crippen molar-refractivity contribution in [2.24, 2.45) is 5.41 Å². The summed E-state index contributed by atoms with van der Waals surface area (Å²) in [6.07, 6.45) is 1.47. The van der Waals surface area contributed by atoms with Gasteiger partial charge in [-0.2, -0.15) is 4.68 Å². The third kappa shape index (κ3) is 2.27. The molecule has 0 aliphatic carbocycles. The Morgan fingerprint density at radius 2 is 2.00 bits per heavy atom. The van der Waals surface area contributed by atoms with E-state index in [0.29, 0.717) is 17.0 Å². The van der Waals surface area contributed by atoms with Crippen LogP contribution in [0.1, 0.15) is 38.1 Å². The molecule has 23 heavy (non-hydrogen) atoms. The quantitative estimate of drug-likeness (QED) is 0.865. The number of ether oxygens (including phenoxy) is 1.